The number of rotatable bonds is 6. The van der Waals surface area contributed by atoms with Crippen molar-refractivity contribution in [2.24, 2.45) is 5.73 Å². The normalized spacial score (nSPS) is 26.4. The molecule has 0 aliphatic carbocycles. The highest BCUT2D eigenvalue weighted by atomic mass is 16.5. The number of nitrogens with zero attached hydrogens (tertiary/aromatic N) is 2. The van der Waals surface area contributed by atoms with Gasteiger partial charge < -0.3 is 36.8 Å². The van der Waals surface area contributed by atoms with Crippen LogP contribution in [0.1, 0.15) is 26.0 Å². The van der Waals surface area contributed by atoms with Gasteiger partial charge in [-0.1, -0.05) is 13.3 Å². The number of fused-ring (bicyclic) bond motifs is 1. The second kappa shape index (κ2) is 7.69. The number of nitrogens with one attached hydrogen (secondary N) is 1. The number of hydrogen-bond donors (Lipinski definition) is 6. The molecule has 0 saturated carbocycles. The first-order valence-corrected chi connectivity index (χ1v) is 8.83. The molecule has 3 rings (SSSR count). The Labute approximate surface area is 155 Å². The van der Waals surface area contributed by atoms with E-state index < -0.39 is 43.0 Å². The van der Waals surface area contributed by atoms with Crippen molar-refractivity contribution in [1.82, 2.24) is 14.9 Å². The van der Waals surface area contributed by atoms with Gasteiger partial charge in [-0.25, -0.2) is 4.98 Å². The molecule has 1 fully saturated rings. The fourth-order valence-corrected chi connectivity index (χ4v) is 3.38. The van der Waals surface area contributed by atoms with Gasteiger partial charge >= 0.3 is 0 Å². The van der Waals surface area contributed by atoms with E-state index in [0.717, 1.165) is 6.42 Å². The Balaban J connectivity index is 1.97. The standard InChI is InChI=1S/C17H25N5O5/c1-2-3-9(19)16(26)21-13-14(25)11(7-23)27-17(13)22-6-10(24)12-8(18)4-5-20-15(12)22/h4-6,9,11,13-14,17,23-25H,2-3,7,19H2,1H3,(H2,18,20)(H,21,26)/t9?,11-,13+,14?,17-/m1/s1. The highest BCUT2D eigenvalue weighted by Gasteiger charge is 2.46. The van der Waals surface area contributed by atoms with E-state index in [1.807, 2.05) is 6.92 Å². The molecule has 1 amide bonds. The topological polar surface area (TPSA) is 169 Å². The number of carbonyl (C=O) groups excluding carboxylic acids is 1. The number of hydrogen-bond acceptors (Lipinski definition) is 8. The fraction of sp³-hybridized carbons (Fsp3) is 0.529. The van der Waals surface area contributed by atoms with Crippen LogP contribution in [0.5, 0.6) is 5.75 Å². The lowest BCUT2D eigenvalue weighted by atomic mass is 10.1. The third-order valence-corrected chi connectivity index (χ3v) is 4.80. The Morgan fingerprint density at radius 3 is 2.93 bits per heavy atom. The van der Waals surface area contributed by atoms with E-state index in [1.165, 1.54) is 17.0 Å². The predicted molar refractivity (Wildman–Crippen MR) is 97.6 cm³/mol. The number of nitrogens with two attached hydrogens (primary N) is 2. The number of aromatic nitrogens is 2. The van der Waals surface area contributed by atoms with Gasteiger partial charge in [0, 0.05) is 11.9 Å². The molecule has 1 saturated heterocycles. The number of nitrogen functional groups attached to an aromatic ring is 1. The van der Waals surface area contributed by atoms with Crippen LogP contribution in [0.2, 0.25) is 0 Å². The van der Waals surface area contributed by atoms with Crippen LogP contribution in [0.15, 0.2) is 18.5 Å². The van der Waals surface area contributed by atoms with Crippen molar-refractivity contribution in [2.45, 2.75) is 50.3 Å². The summed E-state index contributed by atoms with van der Waals surface area (Å²) >= 11 is 0. The van der Waals surface area contributed by atoms with Gasteiger partial charge in [0.05, 0.1) is 24.2 Å². The molecule has 10 heteroatoms. The molecule has 1 aliphatic rings. The SMILES string of the molecule is CCCC(N)C(=O)N[C@H]1C(O)[C@@H](CO)O[C@H]1n1cc(O)c2c(N)ccnc21. The van der Waals surface area contributed by atoms with Crippen LogP contribution < -0.4 is 16.8 Å². The summed E-state index contributed by atoms with van der Waals surface area (Å²) in [5.41, 5.74) is 12.4. The van der Waals surface area contributed by atoms with Crippen LogP contribution >= 0.6 is 0 Å². The number of amides is 1. The van der Waals surface area contributed by atoms with Gasteiger partial charge in [0.2, 0.25) is 5.91 Å². The molecule has 0 aromatic carbocycles. The molecular weight excluding hydrogens is 354 g/mol. The number of pyridine rings is 1. The van der Waals surface area contributed by atoms with Crippen molar-refractivity contribution < 1.29 is 24.9 Å². The molecule has 2 unspecified atom stereocenters. The third kappa shape index (κ3) is 3.44. The Bertz CT molecular complexity index is 825. The molecule has 148 valence electrons. The van der Waals surface area contributed by atoms with Crippen LogP contribution in [0, 0.1) is 0 Å². The first-order chi connectivity index (χ1) is 12.9. The van der Waals surface area contributed by atoms with Crippen molar-refractivity contribution in [2.75, 3.05) is 12.3 Å². The number of ether oxygens (including phenoxy) is 1. The van der Waals surface area contributed by atoms with E-state index in [2.05, 4.69) is 10.3 Å². The molecule has 27 heavy (non-hydrogen) atoms. The van der Waals surface area contributed by atoms with Crippen LogP contribution in [0.3, 0.4) is 0 Å². The van der Waals surface area contributed by atoms with E-state index in [0.29, 0.717) is 23.1 Å². The highest BCUT2D eigenvalue weighted by molar-refractivity contribution is 5.94. The highest BCUT2D eigenvalue weighted by Crippen LogP contribution is 2.37. The second-order valence-electron chi connectivity index (χ2n) is 6.69. The Kier molecular flexibility index (Phi) is 5.51. The average Bonchev–Trinajstić information content (AvgIpc) is 3.13. The average molecular weight is 379 g/mol. The molecule has 5 atom stereocenters. The van der Waals surface area contributed by atoms with E-state index in [4.69, 9.17) is 16.2 Å². The quantitative estimate of drug-likeness (QED) is 0.378. The maximum atomic E-state index is 12.4. The number of aromatic hydroxyl groups is 1. The number of aliphatic hydroxyl groups is 2. The summed E-state index contributed by atoms with van der Waals surface area (Å²) in [5.74, 6) is -0.532. The van der Waals surface area contributed by atoms with E-state index in [-0.39, 0.29) is 5.75 Å². The van der Waals surface area contributed by atoms with Crippen LogP contribution in [0.25, 0.3) is 11.0 Å². The summed E-state index contributed by atoms with van der Waals surface area (Å²) in [5, 5.41) is 33.3. The molecule has 10 nitrogen and oxygen atoms in total. The van der Waals surface area contributed by atoms with Gasteiger partial charge in [-0.3, -0.25) is 9.36 Å². The van der Waals surface area contributed by atoms with Crippen molar-refractivity contribution in [3.63, 3.8) is 0 Å². The molecule has 0 radical (unpaired) electrons. The minimum Gasteiger partial charge on any atom is -0.506 e. The predicted octanol–water partition coefficient (Wildman–Crippen LogP) is -0.813. The number of anilines is 1. The van der Waals surface area contributed by atoms with Crippen molar-refractivity contribution in [1.29, 1.82) is 0 Å². The van der Waals surface area contributed by atoms with Gasteiger partial charge in [0.15, 0.2) is 6.23 Å². The van der Waals surface area contributed by atoms with E-state index >= 15 is 0 Å². The van der Waals surface area contributed by atoms with E-state index in [1.54, 1.807) is 6.07 Å². The smallest absolute Gasteiger partial charge is 0.237 e. The van der Waals surface area contributed by atoms with Crippen LogP contribution in [-0.2, 0) is 9.53 Å². The zero-order chi connectivity index (χ0) is 19.7. The summed E-state index contributed by atoms with van der Waals surface area (Å²) in [6.45, 7) is 1.47. The van der Waals surface area contributed by atoms with Crippen molar-refractivity contribution >= 4 is 22.6 Å². The molecule has 1 aliphatic heterocycles. The molecule has 3 heterocycles. The van der Waals surface area contributed by atoms with Gasteiger partial charge in [0.1, 0.15) is 29.6 Å². The summed E-state index contributed by atoms with van der Waals surface area (Å²) in [6, 6.07) is -0.0635. The van der Waals surface area contributed by atoms with Crippen molar-refractivity contribution in [3.05, 3.63) is 18.5 Å². The van der Waals surface area contributed by atoms with Crippen LogP contribution in [-0.4, -0.2) is 61.7 Å². The van der Waals surface area contributed by atoms with Crippen LogP contribution in [0.4, 0.5) is 5.69 Å². The van der Waals surface area contributed by atoms with E-state index in [9.17, 15) is 20.1 Å². The van der Waals surface area contributed by atoms with Gasteiger partial charge in [-0.15, -0.1) is 0 Å². The minimum atomic E-state index is -1.17. The Morgan fingerprint density at radius 2 is 2.26 bits per heavy atom. The lowest BCUT2D eigenvalue weighted by Gasteiger charge is -2.24. The van der Waals surface area contributed by atoms with Crippen molar-refractivity contribution in [3.8, 4) is 5.75 Å². The first-order valence-electron chi connectivity index (χ1n) is 8.83. The maximum absolute atomic E-state index is 12.4. The first kappa shape index (κ1) is 19.4. The molecular formula is C17H25N5O5. The lowest BCUT2D eigenvalue weighted by Crippen LogP contribution is -2.51. The fourth-order valence-electron chi connectivity index (χ4n) is 3.38. The maximum Gasteiger partial charge on any atom is 0.237 e. The largest absolute Gasteiger partial charge is 0.506 e. The minimum absolute atomic E-state index is 0.103. The summed E-state index contributed by atoms with van der Waals surface area (Å²) < 4.78 is 7.22. The molecule has 2 aromatic rings. The van der Waals surface area contributed by atoms with Gasteiger partial charge in [0.25, 0.3) is 0 Å². The molecule has 2 aromatic heterocycles. The summed E-state index contributed by atoms with van der Waals surface area (Å²) in [4.78, 5) is 16.6. The number of carbonyl (C=O) groups is 1. The third-order valence-electron chi connectivity index (χ3n) is 4.80. The Morgan fingerprint density at radius 1 is 1.52 bits per heavy atom. The Hall–Kier alpha value is -2.40. The lowest BCUT2D eigenvalue weighted by molar-refractivity contribution is -0.124. The summed E-state index contributed by atoms with van der Waals surface area (Å²) in [6.07, 6.45) is 1.09. The zero-order valence-electron chi connectivity index (χ0n) is 14.9. The zero-order valence-corrected chi connectivity index (χ0v) is 14.9. The number of aliphatic hydroxyl groups excluding tert-OH is 2. The molecule has 0 spiro atoms. The molecule has 8 N–H and O–H groups in total. The monoisotopic (exact) mass is 379 g/mol. The van der Waals surface area contributed by atoms with Gasteiger partial charge in [-0.2, -0.15) is 0 Å². The second-order valence-corrected chi connectivity index (χ2v) is 6.69. The molecule has 0 bridgehead atoms. The summed E-state index contributed by atoms with van der Waals surface area (Å²) in [7, 11) is 0. The van der Waals surface area contributed by atoms with Gasteiger partial charge in [-0.05, 0) is 12.5 Å².